The summed E-state index contributed by atoms with van der Waals surface area (Å²) in [6.07, 6.45) is 0.0766. The lowest BCUT2D eigenvalue weighted by Crippen LogP contribution is -2.50. The van der Waals surface area contributed by atoms with Gasteiger partial charge in [0.15, 0.2) is 0 Å². The van der Waals surface area contributed by atoms with Gasteiger partial charge in [0, 0.05) is 18.2 Å². The highest BCUT2D eigenvalue weighted by Gasteiger charge is 2.30. The van der Waals surface area contributed by atoms with E-state index in [1.54, 1.807) is 0 Å². The largest absolute Gasteiger partial charge is 0.481 e. The molecule has 8 heteroatoms. The quantitative estimate of drug-likeness (QED) is 0.431. The van der Waals surface area contributed by atoms with Gasteiger partial charge in [0.1, 0.15) is 12.6 Å². The van der Waals surface area contributed by atoms with Crippen molar-refractivity contribution in [1.29, 1.82) is 0 Å². The molecule has 0 bridgehead atoms. The van der Waals surface area contributed by atoms with E-state index in [0.29, 0.717) is 18.7 Å². The molecule has 176 valence electrons. The second-order valence-electron chi connectivity index (χ2n) is 8.07. The standard InChI is InChI=1S/C25H30N2O5S/c1-3-16(2)23(24(30)26-12-13-33-15-22(28)29)27-25(31)32-14-21-19-10-6-4-8-17(19)18-9-5-7-11-20(18)21/h4-11,16,21,23H,3,12-15H2,1-2H3,(H,26,30)(H,27,31)(H,28,29)/t16?,23-/m0/s1. The number of ether oxygens (including phenoxy) is 1. The van der Waals surface area contributed by atoms with Crippen LogP contribution in [-0.2, 0) is 14.3 Å². The molecular weight excluding hydrogens is 440 g/mol. The van der Waals surface area contributed by atoms with Crippen LogP contribution in [0.25, 0.3) is 11.1 Å². The molecule has 0 saturated carbocycles. The second kappa shape index (κ2) is 11.7. The number of carboxylic acid groups (broad SMARTS) is 1. The molecule has 1 aliphatic carbocycles. The van der Waals surface area contributed by atoms with E-state index in [9.17, 15) is 14.4 Å². The molecule has 3 rings (SSSR count). The summed E-state index contributed by atoms with van der Waals surface area (Å²) in [6.45, 7) is 4.36. The fraction of sp³-hybridized carbons (Fsp3) is 0.400. The van der Waals surface area contributed by atoms with Gasteiger partial charge < -0.3 is 20.5 Å². The molecule has 1 aliphatic rings. The number of carbonyl (C=O) groups excluding carboxylic acids is 2. The van der Waals surface area contributed by atoms with Gasteiger partial charge in [0.25, 0.3) is 0 Å². The molecule has 0 fully saturated rings. The number of thioether (sulfide) groups is 1. The third-order valence-electron chi connectivity index (χ3n) is 5.88. The van der Waals surface area contributed by atoms with Crippen LogP contribution in [0.4, 0.5) is 4.79 Å². The highest BCUT2D eigenvalue weighted by atomic mass is 32.2. The van der Waals surface area contributed by atoms with E-state index in [0.717, 1.165) is 22.3 Å². The Bertz CT molecular complexity index is 951. The topological polar surface area (TPSA) is 105 Å². The minimum Gasteiger partial charge on any atom is -0.481 e. The molecule has 0 aromatic heterocycles. The average molecular weight is 471 g/mol. The minimum atomic E-state index is -0.888. The number of carboxylic acids is 1. The van der Waals surface area contributed by atoms with Crippen molar-refractivity contribution >= 4 is 29.7 Å². The monoisotopic (exact) mass is 470 g/mol. The van der Waals surface area contributed by atoms with Gasteiger partial charge in [-0.2, -0.15) is 0 Å². The third-order valence-corrected chi connectivity index (χ3v) is 6.83. The van der Waals surface area contributed by atoms with E-state index in [1.807, 2.05) is 38.1 Å². The van der Waals surface area contributed by atoms with Gasteiger partial charge in [-0.15, -0.1) is 11.8 Å². The summed E-state index contributed by atoms with van der Waals surface area (Å²) >= 11 is 1.23. The van der Waals surface area contributed by atoms with Gasteiger partial charge >= 0.3 is 12.1 Å². The van der Waals surface area contributed by atoms with Crippen molar-refractivity contribution in [2.45, 2.75) is 32.2 Å². The van der Waals surface area contributed by atoms with Crippen LogP contribution in [0.2, 0.25) is 0 Å². The molecule has 2 aromatic carbocycles. The van der Waals surface area contributed by atoms with Gasteiger partial charge in [-0.05, 0) is 28.2 Å². The maximum Gasteiger partial charge on any atom is 0.407 e. The number of benzene rings is 2. The zero-order valence-corrected chi connectivity index (χ0v) is 19.7. The highest BCUT2D eigenvalue weighted by molar-refractivity contribution is 7.99. The number of aliphatic carboxylic acids is 1. The summed E-state index contributed by atoms with van der Waals surface area (Å²) in [5.41, 5.74) is 4.56. The van der Waals surface area contributed by atoms with Crippen molar-refractivity contribution in [3.63, 3.8) is 0 Å². The highest BCUT2D eigenvalue weighted by Crippen LogP contribution is 2.44. The summed E-state index contributed by atoms with van der Waals surface area (Å²) in [5, 5.41) is 14.2. The number of nitrogens with one attached hydrogen (secondary N) is 2. The van der Waals surface area contributed by atoms with Crippen molar-refractivity contribution in [2.24, 2.45) is 5.92 Å². The maximum absolute atomic E-state index is 12.7. The van der Waals surface area contributed by atoms with E-state index < -0.39 is 18.1 Å². The van der Waals surface area contributed by atoms with Crippen molar-refractivity contribution < 1.29 is 24.2 Å². The smallest absolute Gasteiger partial charge is 0.407 e. The molecular formula is C25H30N2O5S. The first-order valence-corrected chi connectivity index (χ1v) is 12.3. The lowest BCUT2D eigenvalue weighted by atomic mass is 9.98. The Morgan fingerprint density at radius 3 is 2.24 bits per heavy atom. The summed E-state index contributed by atoms with van der Waals surface area (Å²) in [4.78, 5) is 35.9. The number of amides is 2. The molecule has 33 heavy (non-hydrogen) atoms. The van der Waals surface area contributed by atoms with E-state index >= 15 is 0 Å². The van der Waals surface area contributed by atoms with Gasteiger partial charge in [-0.1, -0.05) is 68.8 Å². The first-order chi connectivity index (χ1) is 15.9. The predicted octanol–water partition coefficient (Wildman–Crippen LogP) is 3.87. The minimum absolute atomic E-state index is 0.0112. The predicted molar refractivity (Wildman–Crippen MR) is 129 cm³/mol. The van der Waals surface area contributed by atoms with E-state index in [-0.39, 0.29) is 30.1 Å². The lowest BCUT2D eigenvalue weighted by Gasteiger charge is -2.24. The lowest BCUT2D eigenvalue weighted by molar-refractivity contribution is -0.133. The molecule has 7 nitrogen and oxygen atoms in total. The zero-order chi connectivity index (χ0) is 23.8. The SMILES string of the molecule is CCC(C)[C@H](NC(=O)OCC1c2ccccc2-c2ccccc21)C(=O)NCCSCC(=O)O. The van der Waals surface area contributed by atoms with Crippen molar-refractivity contribution in [2.75, 3.05) is 24.7 Å². The van der Waals surface area contributed by atoms with Gasteiger partial charge in [0.05, 0.1) is 5.75 Å². The van der Waals surface area contributed by atoms with Crippen molar-refractivity contribution in [1.82, 2.24) is 10.6 Å². The van der Waals surface area contributed by atoms with Crippen LogP contribution in [0.15, 0.2) is 48.5 Å². The Morgan fingerprint density at radius 2 is 1.67 bits per heavy atom. The molecule has 0 saturated heterocycles. The Kier molecular flexibility index (Phi) is 8.77. The molecule has 0 aliphatic heterocycles. The molecule has 2 amide bonds. The molecule has 0 radical (unpaired) electrons. The Hall–Kier alpha value is -3.00. The van der Waals surface area contributed by atoms with Gasteiger partial charge in [-0.25, -0.2) is 4.79 Å². The molecule has 0 spiro atoms. The fourth-order valence-corrected chi connectivity index (χ4v) is 4.55. The molecule has 0 heterocycles. The number of alkyl carbamates (subject to hydrolysis) is 1. The van der Waals surface area contributed by atoms with Crippen LogP contribution in [0.3, 0.4) is 0 Å². The number of fused-ring (bicyclic) bond motifs is 3. The van der Waals surface area contributed by atoms with Gasteiger partial charge in [0.2, 0.25) is 5.91 Å². The molecule has 1 unspecified atom stereocenters. The van der Waals surface area contributed by atoms with Gasteiger partial charge in [-0.3, -0.25) is 9.59 Å². The Labute approximate surface area is 198 Å². The normalized spacial score (nSPS) is 14.0. The zero-order valence-electron chi connectivity index (χ0n) is 18.9. The van der Waals surface area contributed by atoms with Crippen molar-refractivity contribution in [3.8, 4) is 11.1 Å². The Balaban J connectivity index is 1.57. The summed E-state index contributed by atoms with van der Waals surface area (Å²) in [6, 6.07) is 15.5. The summed E-state index contributed by atoms with van der Waals surface area (Å²) in [7, 11) is 0. The maximum atomic E-state index is 12.7. The van der Waals surface area contributed by atoms with E-state index in [2.05, 4.69) is 34.9 Å². The number of rotatable bonds is 11. The van der Waals surface area contributed by atoms with Crippen LogP contribution in [0.1, 0.15) is 37.3 Å². The summed E-state index contributed by atoms with van der Waals surface area (Å²) < 4.78 is 5.58. The number of hydrogen-bond acceptors (Lipinski definition) is 5. The van der Waals surface area contributed by atoms with Crippen LogP contribution in [-0.4, -0.2) is 53.8 Å². The third kappa shape index (κ3) is 6.28. The van der Waals surface area contributed by atoms with Crippen LogP contribution < -0.4 is 10.6 Å². The molecule has 3 N–H and O–H groups in total. The second-order valence-corrected chi connectivity index (χ2v) is 9.18. The molecule has 2 aromatic rings. The number of hydrogen-bond donors (Lipinski definition) is 3. The first kappa shape index (κ1) is 24.6. The van der Waals surface area contributed by atoms with E-state index in [4.69, 9.17) is 9.84 Å². The fourth-order valence-electron chi connectivity index (χ4n) is 3.98. The number of carbonyl (C=O) groups is 3. The Morgan fingerprint density at radius 1 is 1.06 bits per heavy atom. The van der Waals surface area contributed by atoms with E-state index in [1.165, 1.54) is 11.8 Å². The first-order valence-electron chi connectivity index (χ1n) is 11.1. The van der Waals surface area contributed by atoms with Crippen LogP contribution in [0, 0.1) is 5.92 Å². The van der Waals surface area contributed by atoms with Crippen LogP contribution >= 0.6 is 11.8 Å². The molecule has 2 atom stereocenters. The average Bonchev–Trinajstić information content (AvgIpc) is 3.14. The van der Waals surface area contributed by atoms with Crippen LogP contribution in [0.5, 0.6) is 0 Å². The summed E-state index contributed by atoms with van der Waals surface area (Å²) in [5.74, 6) is -0.851. The van der Waals surface area contributed by atoms with Crippen molar-refractivity contribution in [3.05, 3.63) is 59.7 Å².